The van der Waals surface area contributed by atoms with Crippen molar-refractivity contribution in [1.29, 1.82) is 0 Å². The molecule has 18 heavy (non-hydrogen) atoms. The molecule has 3 rings (SSSR count). The van der Waals surface area contributed by atoms with Gasteiger partial charge in [-0.15, -0.1) is 0 Å². The molecule has 1 heterocycles. The predicted octanol–water partition coefficient (Wildman–Crippen LogP) is 2.63. The highest BCUT2D eigenvalue weighted by atomic mass is 15.2. The first-order valence-electron chi connectivity index (χ1n) is 6.75. The first-order chi connectivity index (χ1) is 8.83. The first-order valence-corrected chi connectivity index (χ1v) is 6.75. The van der Waals surface area contributed by atoms with Crippen LogP contribution < -0.4 is 5.32 Å². The Kier molecular flexibility index (Phi) is 3.31. The minimum Gasteiger partial charge on any atom is -0.314 e. The van der Waals surface area contributed by atoms with Gasteiger partial charge in [-0.1, -0.05) is 36.4 Å². The summed E-state index contributed by atoms with van der Waals surface area (Å²) in [6.45, 7) is 6.72. The van der Waals surface area contributed by atoms with Crippen molar-refractivity contribution in [3.05, 3.63) is 48.0 Å². The molecule has 1 saturated heterocycles. The molecule has 2 aromatic rings. The molecular formula is C16H20N2. The van der Waals surface area contributed by atoms with Crippen LogP contribution in [0.4, 0.5) is 0 Å². The molecule has 2 heteroatoms. The molecule has 1 aliphatic heterocycles. The molecule has 0 saturated carbocycles. The van der Waals surface area contributed by atoms with Crippen LogP contribution >= 0.6 is 0 Å². The van der Waals surface area contributed by atoms with Gasteiger partial charge in [0.25, 0.3) is 0 Å². The molecule has 1 aliphatic rings. The zero-order valence-corrected chi connectivity index (χ0v) is 10.9. The van der Waals surface area contributed by atoms with Crippen molar-refractivity contribution in [2.75, 3.05) is 19.6 Å². The van der Waals surface area contributed by atoms with Gasteiger partial charge in [-0.2, -0.15) is 0 Å². The monoisotopic (exact) mass is 240 g/mol. The van der Waals surface area contributed by atoms with E-state index in [2.05, 4.69) is 59.6 Å². The van der Waals surface area contributed by atoms with E-state index in [0.29, 0.717) is 6.04 Å². The van der Waals surface area contributed by atoms with Crippen LogP contribution in [0.2, 0.25) is 0 Å². The summed E-state index contributed by atoms with van der Waals surface area (Å²) >= 11 is 0. The summed E-state index contributed by atoms with van der Waals surface area (Å²) in [5.41, 5.74) is 1.42. The van der Waals surface area contributed by atoms with E-state index >= 15 is 0 Å². The average Bonchev–Trinajstić information content (AvgIpc) is 2.41. The molecule has 0 amide bonds. The lowest BCUT2D eigenvalue weighted by Gasteiger charge is -2.33. The van der Waals surface area contributed by atoms with Crippen molar-refractivity contribution >= 4 is 10.8 Å². The van der Waals surface area contributed by atoms with Gasteiger partial charge in [0.1, 0.15) is 0 Å². The van der Waals surface area contributed by atoms with Gasteiger partial charge in [-0.25, -0.2) is 0 Å². The number of hydrogen-bond acceptors (Lipinski definition) is 2. The van der Waals surface area contributed by atoms with Crippen LogP contribution in [0.1, 0.15) is 12.5 Å². The highest BCUT2D eigenvalue weighted by Gasteiger charge is 2.17. The van der Waals surface area contributed by atoms with Gasteiger partial charge in [0, 0.05) is 32.2 Å². The Hall–Kier alpha value is -1.38. The molecule has 1 N–H and O–H groups in total. The summed E-state index contributed by atoms with van der Waals surface area (Å²) in [7, 11) is 0. The molecule has 1 atom stereocenters. The Labute approximate surface area is 109 Å². The van der Waals surface area contributed by atoms with E-state index in [0.717, 1.165) is 26.2 Å². The number of nitrogens with one attached hydrogen (secondary N) is 1. The third-order valence-corrected chi connectivity index (χ3v) is 3.84. The fourth-order valence-electron chi connectivity index (χ4n) is 2.69. The summed E-state index contributed by atoms with van der Waals surface area (Å²) in [5, 5.41) is 6.11. The molecule has 0 spiro atoms. The fourth-order valence-corrected chi connectivity index (χ4v) is 2.69. The largest absolute Gasteiger partial charge is 0.314 e. The Morgan fingerprint density at radius 2 is 2.00 bits per heavy atom. The Morgan fingerprint density at radius 3 is 2.83 bits per heavy atom. The first kappa shape index (κ1) is 11.7. The standard InChI is InChI=1S/C16H20N2/c1-13-11-17-8-9-18(13)12-14-6-7-15-4-2-3-5-16(15)10-14/h2-7,10,13,17H,8-9,11-12H2,1H3/t13-/m0/s1. The zero-order chi connectivity index (χ0) is 12.4. The molecule has 94 valence electrons. The Balaban J connectivity index is 1.81. The summed E-state index contributed by atoms with van der Waals surface area (Å²) in [6.07, 6.45) is 0. The smallest absolute Gasteiger partial charge is 0.0237 e. The van der Waals surface area contributed by atoms with E-state index in [1.807, 2.05) is 0 Å². The Bertz CT molecular complexity index is 535. The van der Waals surface area contributed by atoms with E-state index in [1.54, 1.807) is 0 Å². The molecular weight excluding hydrogens is 220 g/mol. The highest BCUT2D eigenvalue weighted by Crippen LogP contribution is 2.18. The molecule has 0 aliphatic carbocycles. The minimum atomic E-state index is 0.630. The van der Waals surface area contributed by atoms with Crippen LogP contribution in [0.5, 0.6) is 0 Å². The molecule has 0 bridgehead atoms. The molecule has 2 nitrogen and oxygen atoms in total. The van der Waals surface area contributed by atoms with E-state index in [4.69, 9.17) is 0 Å². The zero-order valence-electron chi connectivity index (χ0n) is 10.9. The summed E-state index contributed by atoms with van der Waals surface area (Å²) in [4.78, 5) is 2.56. The highest BCUT2D eigenvalue weighted by molar-refractivity contribution is 5.82. The second-order valence-corrected chi connectivity index (χ2v) is 5.21. The second-order valence-electron chi connectivity index (χ2n) is 5.21. The number of nitrogens with zero attached hydrogens (tertiary/aromatic N) is 1. The molecule has 1 fully saturated rings. The van der Waals surface area contributed by atoms with Gasteiger partial charge in [0.2, 0.25) is 0 Å². The summed E-state index contributed by atoms with van der Waals surface area (Å²) < 4.78 is 0. The van der Waals surface area contributed by atoms with Gasteiger partial charge in [0.15, 0.2) is 0 Å². The van der Waals surface area contributed by atoms with Crippen molar-refractivity contribution in [3.8, 4) is 0 Å². The average molecular weight is 240 g/mol. The number of benzene rings is 2. The molecule has 2 aromatic carbocycles. The maximum absolute atomic E-state index is 3.44. The van der Waals surface area contributed by atoms with Crippen LogP contribution in [0, 0.1) is 0 Å². The van der Waals surface area contributed by atoms with Gasteiger partial charge in [-0.05, 0) is 29.3 Å². The van der Waals surface area contributed by atoms with Crippen LogP contribution in [0.15, 0.2) is 42.5 Å². The van der Waals surface area contributed by atoms with Crippen molar-refractivity contribution in [2.24, 2.45) is 0 Å². The molecule has 0 radical (unpaired) electrons. The maximum atomic E-state index is 3.44. The predicted molar refractivity (Wildman–Crippen MR) is 76.7 cm³/mol. The van der Waals surface area contributed by atoms with Gasteiger partial charge in [-0.3, -0.25) is 4.90 Å². The quantitative estimate of drug-likeness (QED) is 0.868. The SMILES string of the molecule is C[C@H]1CNCCN1Cc1ccc2ccccc2c1. The van der Waals surface area contributed by atoms with E-state index < -0.39 is 0 Å². The van der Waals surface area contributed by atoms with Crippen LogP contribution in [0.3, 0.4) is 0 Å². The maximum Gasteiger partial charge on any atom is 0.0237 e. The topological polar surface area (TPSA) is 15.3 Å². The van der Waals surface area contributed by atoms with Crippen molar-refractivity contribution in [3.63, 3.8) is 0 Å². The van der Waals surface area contributed by atoms with Gasteiger partial charge in [0.05, 0.1) is 0 Å². The van der Waals surface area contributed by atoms with Gasteiger partial charge >= 0.3 is 0 Å². The normalized spacial score (nSPS) is 21.3. The number of hydrogen-bond donors (Lipinski definition) is 1. The lowest BCUT2D eigenvalue weighted by Crippen LogP contribution is -2.49. The molecule has 0 aromatic heterocycles. The van der Waals surface area contributed by atoms with Crippen molar-refractivity contribution < 1.29 is 0 Å². The van der Waals surface area contributed by atoms with Crippen LogP contribution in [-0.4, -0.2) is 30.6 Å². The van der Waals surface area contributed by atoms with E-state index in [-0.39, 0.29) is 0 Å². The van der Waals surface area contributed by atoms with Crippen LogP contribution in [0.25, 0.3) is 10.8 Å². The second kappa shape index (κ2) is 5.09. The number of fused-ring (bicyclic) bond motifs is 1. The fraction of sp³-hybridized carbons (Fsp3) is 0.375. The van der Waals surface area contributed by atoms with Crippen LogP contribution in [-0.2, 0) is 6.54 Å². The van der Waals surface area contributed by atoms with E-state index in [1.165, 1.54) is 16.3 Å². The third kappa shape index (κ3) is 2.40. The lowest BCUT2D eigenvalue weighted by molar-refractivity contribution is 0.166. The summed E-state index contributed by atoms with van der Waals surface area (Å²) in [5.74, 6) is 0. The summed E-state index contributed by atoms with van der Waals surface area (Å²) in [6, 6.07) is 16.0. The van der Waals surface area contributed by atoms with Crippen molar-refractivity contribution in [2.45, 2.75) is 19.5 Å². The molecule has 0 unspecified atom stereocenters. The van der Waals surface area contributed by atoms with E-state index in [9.17, 15) is 0 Å². The lowest BCUT2D eigenvalue weighted by atomic mass is 10.1. The van der Waals surface area contributed by atoms with Gasteiger partial charge < -0.3 is 5.32 Å². The minimum absolute atomic E-state index is 0.630. The number of piperazine rings is 1. The number of rotatable bonds is 2. The van der Waals surface area contributed by atoms with Crippen molar-refractivity contribution in [1.82, 2.24) is 10.2 Å². The third-order valence-electron chi connectivity index (χ3n) is 3.84. The Morgan fingerprint density at radius 1 is 1.17 bits per heavy atom.